The highest BCUT2D eigenvalue weighted by atomic mass is 16.5. The first-order chi connectivity index (χ1) is 10.2. The molecule has 0 bridgehead atoms. The number of aromatic nitrogens is 1. The lowest BCUT2D eigenvalue weighted by Gasteiger charge is -2.26. The molecule has 0 aromatic carbocycles. The molecule has 114 valence electrons. The maximum Gasteiger partial charge on any atom is 0.223 e. The van der Waals surface area contributed by atoms with Crippen molar-refractivity contribution in [2.45, 2.75) is 44.2 Å². The summed E-state index contributed by atoms with van der Waals surface area (Å²) in [5.74, 6) is 0.977. The third-order valence-corrected chi connectivity index (χ3v) is 4.55. The predicted molar refractivity (Wildman–Crippen MR) is 78.0 cm³/mol. The van der Waals surface area contributed by atoms with Crippen LogP contribution >= 0.6 is 0 Å². The molecular formula is C16H22N2O3. The monoisotopic (exact) mass is 290 g/mol. The van der Waals surface area contributed by atoms with Gasteiger partial charge in [0, 0.05) is 31.8 Å². The molecule has 1 spiro atoms. The molecule has 0 N–H and O–H groups in total. The van der Waals surface area contributed by atoms with E-state index in [-0.39, 0.29) is 11.5 Å². The van der Waals surface area contributed by atoms with Gasteiger partial charge >= 0.3 is 0 Å². The second-order valence-electron chi connectivity index (χ2n) is 5.89. The van der Waals surface area contributed by atoms with E-state index in [1.807, 2.05) is 17.0 Å². The molecule has 2 saturated heterocycles. The Morgan fingerprint density at radius 2 is 2.33 bits per heavy atom. The van der Waals surface area contributed by atoms with E-state index in [2.05, 4.69) is 4.98 Å². The van der Waals surface area contributed by atoms with Gasteiger partial charge in [0.1, 0.15) is 5.75 Å². The standard InChI is InChI=1S/C16H22N2O3/c1-20-14-4-8-17-13(11-14)12-18-9-7-16(5-2-10-21-16)6-3-15(18)19/h4,8,11H,2-3,5-7,9-10,12H2,1H3. The van der Waals surface area contributed by atoms with E-state index in [4.69, 9.17) is 9.47 Å². The van der Waals surface area contributed by atoms with Gasteiger partial charge in [-0.3, -0.25) is 9.78 Å². The van der Waals surface area contributed by atoms with Crippen LogP contribution in [-0.4, -0.2) is 41.7 Å². The van der Waals surface area contributed by atoms with Gasteiger partial charge in [0.25, 0.3) is 0 Å². The molecule has 1 unspecified atom stereocenters. The Morgan fingerprint density at radius 3 is 3.10 bits per heavy atom. The van der Waals surface area contributed by atoms with Crippen LogP contribution in [0.25, 0.3) is 0 Å². The zero-order valence-corrected chi connectivity index (χ0v) is 12.5. The van der Waals surface area contributed by atoms with Crippen LogP contribution in [0.4, 0.5) is 0 Å². The molecule has 1 aromatic heterocycles. The highest BCUT2D eigenvalue weighted by Crippen LogP contribution is 2.36. The molecule has 0 radical (unpaired) electrons. The Balaban J connectivity index is 1.68. The van der Waals surface area contributed by atoms with Crippen LogP contribution in [0, 0.1) is 0 Å². The number of ether oxygens (including phenoxy) is 2. The highest BCUT2D eigenvalue weighted by molar-refractivity contribution is 5.76. The van der Waals surface area contributed by atoms with Crippen LogP contribution in [-0.2, 0) is 16.1 Å². The maximum absolute atomic E-state index is 12.3. The van der Waals surface area contributed by atoms with Crippen LogP contribution in [0.5, 0.6) is 5.75 Å². The largest absolute Gasteiger partial charge is 0.497 e. The van der Waals surface area contributed by atoms with Crippen molar-refractivity contribution in [3.8, 4) is 5.75 Å². The summed E-state index contributed by atoms with van der Waals surface area (Å²) in [5, 5.41) is 0. The highest BCUT2D eigenvalue weighted by Gasteiger charge is 2.38. The normalized spacial score (nSPS) is 26.1. The maximum atomic E-state index is 12.3. The Labute approximate surface area is 125 Å². The fourth-order valence-electron chi connectivity index (χ4n) is 3.26. The van der Waals surface area contributed by atoms with Gasteiger partial charge in [-0.1, -0.05) is 0 Å². The predicted octanol–water partition coefficient (Wildman–Crippen LogP) is 2.15. The molecule has 3 rings (SSSR count). The Kier molecular flexibility index (Phi) is 4.10. The van der Waals surface area contributed by atoms with E-state index in [1.54, 1.807) is 13.3 Å². The summed E-state index contributed by atoms with van der Waals surface area (Å²) in [6.07, 6.45) is 6.29. The molecule has 3 heterocycles. The zero-order valence-electron chi connectivity index (χ0n) is 12.5. The lowest BCUT2D eigenvalue weighted by molar-refractivity contribution is -0.131. The first kappa shape index (κ1) is 14.3. The lowest BCUT2D eigenvalue weighted by Crippen LogP contribution is -2.32. The number of rotatable bonds is 3. The molecule has 1 atom stereocenters. The van der Waals surface area contributed by atoms with Gasteiger partial charge in [0.05, 0.1) is 24.9 Å². The summed E-state index contributed by atoms with van der Waals surface area (Å²) >= 11 is 0. The van der Waals surface area contributed by atoms with Crippen molar-refractivity contribution in [2.24, 2.45) is 0 Å². The summed E-state index contributed by atoms with van der Waals surface area (Å²) in [7, 11) is 1.64. The van der Waals surface area contributed by atoms with Crippen molar-refractivity contribution in [3.05, 3.63) is 24.0 Å². The SMILES string of the molecule is COc1ccnc(CN2CCC3(CCCO3)CCC2=O)c1. The molecule has 5 heteroatoms. The van der Waals surface area contributed by atoms with Crippen LogP contribution in [0.2, 0.25) is 0 Å². The van der Waals surface area contributed by atoms with Crippen LogP contribution in [0.3, 0.4) is 0 Å². The minimum Gasteiger partial charge on any atom is -0.497 e. The Hall–Kier alpha value is -1.62. The molecule has 5 nitrogen and oxygen atoms in total. The minimum atomic E-state index is -0.0494. The van der Waals surface area contributed by atoms with E-state index in [1.165, 1.54) is 0 Å². The molecule has 2 aliphatic heterocycles. The second kappa shape index (κ2) is 6.02. The van der Waals surface area contributed by atoms with E-state index in [0.29, 0.717) is 13.0 Å². The molecule has 0 saturated carbocycles. The number of likely N-dealkylation sites (tertiary alicyclic amines) is 1. The molecule has 1 amide bonds. The molecule has 21 heavy (non-hydrogen) atoms. The number of pyridine rings is 1. The Morgan fingerprint density at radius 1 is 1.43 bits per heavy atom. The number of carbonyl (C=O) groups excluding carboxylic acids is 1. The van der Waals surface area contributed by atoms with Crippen molar-refractivity contribution in [1.29, 1.82) is 0 Å². The number of hydrogen-bond donors (Lipinski definition) is 0. The number of carbonyl (C=O) groups is 1. The average molecular weight is 290 g/mol. The van der Waals surface area contributed by atoms with Crippen LogP contribution < -0.4 is 4.74 Å². The zero-order chi connectivity index (χ0) is 14.7. The summed E-state index contributed by atoms with van der Waals surface area (Å²) in [5.41, 5.74) is 0.817. The number of methoxy groups -OCH3 is 1. The van der Waals surface area contributed by atoms with Crippen molar-refractivity contribution in [1.82, 2.24) is 9.88 Å². The number of amides is 1. The molecule has 1 aromatic rings. The fraction of sp³-hybridized carbons (Fsp3) is 0.625. The summed E-state index contributed by atoms with van der Waals surface area (Å²) in [6, 6.07) is 3.70. The van der Waals surface area contributed by atoms with Gasteiger partial charge in [-0.25, -0.2) is 0 Å². The Bertz CT molecular complexity index is 512. The topological polar surface area (TPSA) is 51.7 Å². The van der Waals surface area contributed by atoms with Crippen molar-refractivity contribution >= 4 is 5.91 Å². The number of nitrogens with zero attached hydrogens (tertiary/aromatic N) is 2. The quantitative estimate of drug-likeness (QED) is 0.856. The molecule has 0 aliphatic carbocycles. The van der Waals surface area contributed by atoms with Crippen molar-refractivity contribution < 1.29 is 14.3 Å². The van der Waals surface area contributed by atoms with E-state index < -0.39 is 0 Å². The van der Waals surface area contributed by atoms with Gasteiger partial charge in [-0.2, -0.15) is 0 Å². The van der Waals surface area contributed by atoms with Gasteiger partial charge in [-0.15, -0.1) is 0 Å². The third-order valence-electron chi connectivity index (χ3n) is 4.55. The summed E-state index contributed by atoms with van der Waals surface area (Å²) < 4.78 is 11.1. The van der Waals surface area contributed by atoms with Gasteiger partial charge in [0.2, 0.25) is 5.91 Å². The first-order valence-corrected chi connectivity index (χ1v) is 7.61. The first-order valence-electron chi connectivity index (χ1n) is 7.61. The summed E-state index contributed by atoms with van der Waals surface area (Å²) in [6.45, 7) is 2.13. The van der Waals surface area contributed by atoms with Crippen molar-refractivity contribution in [2.75, 3.05) is 20.3 Å². The van der Waals surface area contributed by atoms with Gasteiger partial charge < -0.3 is 14.4 Å². The number of hydrogen-bond acceptors (Lipinski definition) is 4. The molecular weight excluding hydrogens is 268 g/mol. The second-order valence-corrected chi connectivity index (χ2v) is 5.89. The minimum absolute atomic E-state index is 0.0494. The smallest absolute Gasteiger partial charge is 0.223 e. The van der Waals surface area contributed by atoms with Crippen LogP contribution in [0.1, 0.15) is 37.8 Å². The molecule has 2 aliphatic rings. The van der Waals surface area contributed by atoms with E-state index >= 15 is 0 Å². The molecule has 2 fully saturated rings. The van der Waals surface area contributed by atoms with Gasteiger partial charge in [-0.05, 0) is 31.7 Å². The van der Waals surface area contributed by atoms with E-state index in [0.717, 1.165) is 50.3 Å². The summed E-state index contributed by atoms with van der Waals surface area (Å²) in [4.78, 5) is 18.6. The lowest BCUT2D eigenvalue weighted by atomic mass is 9.92. The fourth-order valence-corrected chi connectivity index (χ4v) is 3.26. The van der Waals surface area contributed by atoms with Crippen LogP contribution in [0.15, 0.2) is 18.3 Å². The van der Waals surface area contributed by atoms with E-state index in [9.17, 15) is 4.79 Å². The van der Waals surface area contributed by atoms with Gasteiger partial charge in [0.15, 0.2) is 0 Å². The third kappa shape index (κ3) is 3.18. The van der Waals surface area contributed by atoms with Crippen molar-refractivity contribution in [3.63, 3.8) is 0 Å². The average Bonchev–Trinajstić information content (AvgIpc) is 2.92.